The fourth-order valence-electron chi connectivity index (χ4n) is 4.47. The van der Waals surface area contributed by atoms with Crippen LogP contribution >= 0.6 is 0 Å². The molecule has 2 N–H and O–H groups in total. The Morgan fingerprint density at radius 1 is 1.27 bits per heavy atom. The van der Waals surface area contributed by atoms with Crippen molar-refractivity contribution >= 4 is 22.4 Å². The number of ether oxygens (including phenoxy) is 2. The number of fused-ring (bicyclic) bond motifs is 2. The summed E-state index contributed by atoms with van der Waals surface area (Å²) in [6.07, 6.45) is 0. The maximum absolute atomic E-state index is 14.1. The van der Waals surface area contributed by atoms with Crippen molar-refractivity contribution in [3.05, 3.63) is 41.1 Å². The SMILES string of the molecule is COc1nc2c(C)nnc(N[C@H](C)c3cccc4c3OCC4(F)F)c2cc1N1CC(C)(O)C1. The minimum absolute atomic E-state index is 0.105. The summed E-state index contributed by atoms with van der Waals surface area (Å²) in [5, 5.41) is 22.7. The Morgan fingerprint density at radius 2 is 2.03 bits per heavy atom. The molecule has 2 aromatic heterocycles. The topological polar surface area (TPSA) is 92.6 Å². The van der Waals surface area contributed by atoms with Gasteiger partial charge < -0.3 is 24.8 Å². The Labute approximate surface area is 189 Å². The number of halogens is 2. The predicted octanol–water partition coefficient (Wildman–Crippen LogP) is 3.57. The number of hydrogen-bond donors (Lipinski definition) is 2. The molecule has 1 saturated heterocycles. The number of benzene rings is 1. The van der Waals surface area contributed by atoms with Gasteiger partial charge in [0.25, 0.3) is 0 Å². The van der Waals surface area contributed by atoms with Crippen LogP contribution in [0.5, 0.6) is 11.6 Å². The second-order valence-corrected chi connectivity index (χ2v) is 8.98. The van der Waals surface area contributed by atoms with Gasteiger partial charge in [0.15, 0.2) is 12.4 Å². The van der Waals surface area contributed by atoms with E-state index in [1.54, 1.807) is 26.2 Å². The Bertz CT molecular complexity index is 1240. The zero-order valence-electron chi connectivity index (χ0n) is 18.8. The van der Waals surface area contributed by atoms with Crippen molar-refractivity contribution in [3.8, 4) is 11.6 Å². The van der Waals surface area contributed by atoms with E-state index < -0.39 is 18.1 Å². The zero-order valence-corrected chi connectivity index (χ0v) is 18.8. The van der Waals surface area contributed by atoms with Gasteiger partial charge in [-0.1, -0.05) is 12.1 Å². The Kier molecular flexibility index (Phi) is 4.82. The van der Waals surface area contributed by atoms with E-state index in [0.29, 0.717) is 41.6 Å². The molecule has 0 aliphatic carbocycles. The van der Waals surface area contributed by atoms with E-state index >= 15 is 0 Å². The summed E-state index contributed by atoms with van der Waals surface area (Å²) in [7, 11) is 1.55. The molecule has 0 radical (unpaired) electrons. The third-order valence-corrected chi connectivity index (χ3v) is 6.12. The van der Waals surface area contributed by atoms with Crippen molar-refractivity contribution in [2.45, 2.75) is 38.3 Å². The minimum atomic E-state index is -3.00. The van der Waals surface area contributed by atoms with Gasteiger partial charge in [0, 0.05) is 24.0 Å². The van der Waals surface area contributed by atoms with Crippen molar-refractivity contribution in [2.24, 2.45) is 0 Å². The molecule has 0 unspecified atom stereocenters. The molecule has 4 heterocycles. The first-order valence-corrected chi connectivity index (χ1v) is 10.7. The monoisotopic (exact) mass is 457 g/mol. The van der Waals surface area contributed by atoms with Gasteiger partial charge in [-0.05, 0) is 32.9 Å². The summed E-state index contributed by atoms with van der Waals surface area (Å²) >= 11 is 0. The largest absolute Gasteiger partial charge is 0.486 e. The van der Waals surface area contributed by atoms with Crippen LogP contribution in [-0.2, 0) is 5.92 Å². The number of alkyl halides is 2. The first-order valence-electron chi connectivity index (χ1n) is 10.7. The summed E-state index contributed by atoms with van der Waals surface area (Å²) in [4.78, 5) is 6.63. The standard InChI is InChI=1S/C23H25F2N5O3/c1-12(14-6-5-7-16-19(14)33-11-23(16,24)25)26-20-15-8-17(30-9-22(3,31)10-30)21(32-4)27-18(15)13(2)28-29-20/h5-8,12,31H,9-11H2,1-4H3,(H,26,29)/t12-/m1/s1. The molecule has 5 rings (SSSR count). The van der Waals surface area contributed by atoms with Crippen LogP contribution in [0.25, 0.3) is 10.9 Å². The van der Waals surface area contributed by atoms with Gasteiger partial charge in [0.2, 0.25) is 5.88 Å². The molecule has 33 heavy (non-hydrogen) atoms. The van der Waals surface area contributed by atoms with E-state index in [2.05, 4.69) is 20.5 Å². The van der Waals surface area contributed by atoms with Gasteiger partial charge in [-0.15, -0.1) is 5.10 Å². The molecule has 2 aliphatic rings. The maximum atomic E-state index is 14.1. The molecular formula is C23H25F2N5O3. The number of nitrogens with zero attached hydrogens (tertiary/aromatic N) is 4. The fourth-order valence-corrected chi connectivity index (χ4v) is 4.47. The second-order valence-electron chi connectivity index (χ2n) is 8.98. The summed E-state index contributed by atoms with van der Waals surface area (Å²) in [5.41, 5.74) is 1.73. The van der Waals surface area contributed by atoms with Gasteiger partial charge in [0.1, 0.15) is 17.0 Å². The molecule has 0 saturated carbocycles. The van der Waals surface area contributed by atoms with Gasteiger partial charge in [-0.25, -0.2) is 4.98 Å². The average molecular weight is 457 g/mol. The summed E-state index contributed by atoms with van der Waals surface area (Å²) in [6.45, 7) is 5.69. The summed E-state index contributed by atoms with van der Waals surface area (Å²) < 4.78 is 39.1. The van der Waals surface area contributed by atoms with Crippen LogP contribution in [0, 0.1) is 6.92 Å². The lowest BCUT2D eigenvalue weighted by molar-refractivity contribution is -0.0214. The van der Waals surface area contributed by atoms with Gasteiger partial charge in [0.05, 0.1) is 30.0 Å². The van der Waals surface area contributed by atoms with Crippen LogP contribution in [-0.4, -0.2) is 52.7 Å². The first kappa shape index (κ1) is 21.6. The molecule has 0 amide bonds. The van der Waals surface area contributed by atoms with Crippen LogP contribution in [0.1, 0.15) is 36.7 Å². The highest BCUT2D eigenvalue weighted by Crippen LogP contribution is 2.45. The Morgan fingerprint density at radius 3 is 2.73 bits per heavy atom. The van der Waals surface area contributed by atoms with Crippen LogP contribution in [0.2, 0.25) is 0 Å². The summed E-state index contributed by atoms with van der Waals surface area (Å²) in [5.74, 6) is -1.90. The third-order valence-electron chi connectivity index (χ3n) is 6.12. The number of para-hydroxylation sites is 1. The number of anilines is 2. The molecular weight excluding hydrogens is 432 g/mol. The van der Waals surface area contributed by atoms with Gasteiger partial charge in [-0.3, -0.25) is 0 Å². The molecule has 3 aromatic rings. The van der Waals surface area contributed by atoms with Crippen LogP contribution < -0.4 is 19.7 Å². The van der Waals surface area contributed by atoms with E-state index in [1.807, 2.05) is 24.8 Å². The molecule has 1 fully saturated rings. The van der Waals surface area contributed by atoms with Gasteiger partial charge >= 0.3 is 5.92 Å². The van der Waals surface area contributed by atoms with E-state index in [0.717, 1.165) is 11.1 Å². The Balaban J connectivity index is 1.54. The van der Waals surface area contributed by atoms with Crippen molar-refractivity contribution in [2.75, 3.05) is 37.0 Å². The third kappa shape index (κ3) is 3.58. The highest BCUT2D eigenvalue weighted by Gasteiger charge is 2.43. The van der Waals surface area contributed by atoms with Crippen molar-refractivity contribution in [3.63, 3.8) is 0 Å². The molecule has 1 atom stereocenters. The van der Waals surface area contributed by atoms with Crippen LogP contribution in [0.3, 0.4) is 0 Å². The number of aromatic nitrogens is 3. The number of hydrogen-bond acceptors (Lipinski definition) is 8. The number of aryl methyl sites for hydroxylation is 1. The number of nitrogens with one attached hydrogen (secondary N) is 1. The normalized spacial score (nSPS) is 18.9. The van der Waals surface area contributed by atoms with Crippen molar-refractivity contribution < 1.29 is 23.4 Å². The molecule has 0 bridgehead atoms. The quantitative estimate of drug-likeness (QED) is 0.601. The minimum Gasteiger partial charge on any atom is -0.486 e. The van der Waals surface area contributed by atoms with E-state index in [1.165, 1.54) is 6.07 Å². The lowest BCUT2D eigenvalue weighted by Crippen LogP contribution is -2.60. The Hall–Kier alpha value is -3.27. The first-order chi connectivity index (χ1) is 15.6. The second kappa shape index (κ2) is 7.38. The molecule has 10 heteroatoms. The van der Waals surface area contributed by atoms with E-state index in [9.17, 15) is 13.9 Å². The van der Waals surface area contributed by atoms with Crippen molar-refractivity contribution in [1.29, 1.82) is 0 Å². The van der Waals surface area contributed by atoms with Gasteiger partial charge in [-0.2, -0.15) is 13.9 Å². The number of rotatable bonds is 5. The molecule has 0 spiro atoms. The van der Waals surface area contributed by atoms with E-state index in [4.69, 9.17) is 9.47 Å². The highest BCUT2D eigenvalue weighted by molar-refractivity contribution is 5.94. The number of aliphatic hydroxyl groups is 1. The highest BCUT2D eigenvalue weighted by atomic mass is 19.3. The fraction of sp³-hybridized carbons (Fsp3) is 0.435. The van der Waals surface area contributed by atoms with Crippen LogP contribution in [0.15, 0.2) is 24.3 Å². The maximum Gasteiger partial charge on any atom is 0.310 e. The predicted molar refractivity (Wildman–Crippen MR) is 119 cm³/mol. The number of β-amino-alcohol motifs (C(OH)–C–C–N with tert-alkyl or cyclic N) is 1. The summed E-state index contributed by atoms with van der Waals surface area (Å²) in [6, 6.07) is 6.28. The zero-order chi connectivity index (χ0) is 23.5. The van der Waals surface area contributed by atoms with Crippen molar-refractivity contribution in [1.82, 2.24) is 15.2 Å². The molecule has 174 valence electrons. The molecule has 2 aliphatic heterocycles. The molecule has 1 aromatic carbocycles. The lowest BCUT2D eigenvalue weighted by atomic mass is 9.96. The number of pyridine rings is 1. The lowest BCUT2D eigenvalue weighted by Gasteiger charge is -2.45. The number of methoxy groups -OCH3 is 1. The molecule has 8 nitrogen and oxygen atoms in total. The average Bonchev–Trinajstić information content (AvgIpc) is 3.08. The smallest absolute Gasteiger partial charge is 0.310 e. The van der Waals surface area contributed by atoms with E-state index in [-0.39, 0.29) is 17.4 Å². The van der Waals surface area contributed by atoms with Crippen LogP contribution in [0.4, 0.5) is 20.3 Å².